The summed E-state index contributed by atoms with van der Waals surface area (Å²) >= 11 is 5.82. The Hall–Kier alpha value is -1.02. The Labute approximate surface area is 120 Å². The van der Waals surface area contributed by atoms with Crippen molar-refractivity contribution in [1.29, 1.82) is 0 Å². The van der Waals surface area contributed by atoms with E-state index in [9.17, 15) is 4.79 Å². The van der Waals surface area contributed by atoms with Gasteiger partial charge < -0.3 is 4.74 Å². The number of halogens is 1. The highest BCUT2D eigenvalue weighted by molar-refractivity contribution is 6.30. The molecule has 2 nitrogen and oxygen atoms in total. The van der Waals surface area contributed by atoms with Crippen molar-refractivity contribution in [1.82, 2.24) is 0 Å². The van der Waals surface area contributed by atoms with Gasteiger partial charge in [0.2, 0.25) is 0 Å². The summed E-state index contributed by atoms with van der Waals surface area (Å²) in [7, 11) is 0. The minimum atomic E-state index is -0.340. The van der Waals surface area contributed by atoms with Crippen LogP contribution < -0.4 is 0 Å². The van der Waals surface area contributed by atoms with Gasteiger partial charge in [-0.2, -0.15) is 0 Å². The highest BCUT2D eigenvalue weighted by Gasteiger charge is 2.41. The molecule has 1 aromatic carbocycles. The molecule has 19 heavy (non-hydrogen) atoms. The molecule has 1 unspecified atom stereocenters. The van der Waals surface area contributed by atoms with Gasteiger partial charge in [-0.3, -0.25) is 0 Å². The lowest BCUT2D eigenvalue weighted by Gasteiger charge is -2.18. The fourth-order valence-electron chi connectivity index (χ4n) is 2.23. The summed E-state index contributed by atoms with van der Waals surface area (Å²) in [6, 6.07) is 7.74. The summed E-state index contributed by atoms with van der Waals surface area (Å²) in [5, 5.41) is 0.529. The van der Waals surface area contributed by atoms with Gasteiger partial charge in [-0.15, -0.1) is 0 Å². The van der Waals surface area contributed by atoms with Crippen molar-refractivity contribution in [2.45, 2.75) is 39.5 Å². The van der Waals surface area contributed by atoms with Gasteiger partial charge in [0, 0.05) is 5.02 Å². The summed E-state index contributed by atoms with van der Waals surface area (Å²) in [6.45, 7) is 5.10. The lowest BCUT2D eigenvalue weighted by atomic mass is 9.89. The third kappa shape index (κ3) is 3.97. The molecule has 3 heteroatoms. The Bertz CT molecular complexity index is 452. The van der Waals surface area contributed by atoms with E-state index in [0.717, 1.165) is 12.8 Å². The SMILES string of the molecule is CC(CCCOC(=O)c1[c]ccc(Cl)c1)C1(C)CC1. The lowest BCUT2D eigenvalue weighted by Crippen LogP contribution is -2.11. The van der Waals surface area contributed by atoms with E-state index in [-0.39, 0.29) is 5.97 Å². The predicted octanol–water partition coefficient (Wildman–Crippen LogP) is 4.51. The molecule has 103 valence electrons. The van der Waals surface area contributed by atoms with Crippen LogP contribution in [0.25, 0.3) is 0 Å². The average Bonchev–Trinajstić information content (AvgIpc) is 3.13. The largest absolute Gasteiger partial charge is 0.462 e. The Kier molecular flexibility index (Phi) is 4.51. The maximum absolute atomic E-state index is 11.7. The number of carbonyl (C=O) groups is 1. The fourth-order valence-corrected chi connectivity index (χ4v) is 2.40. The van der Waals surface area contributed by atoms with Crippen molar-refractivity contribution in [2.75, 3.05) is 6.61 Å². The van der Waals surface area contributed by atoms with E-state index in [0.29, 0.717) is 28.5 Å². The van der Waals surface area contributed by atoms with E-state index in [4.69, 9.17) is 16.3 Å². The molecule has 1 atom stereocenters. The molecular formula is C16H20ClO2. The molecule has 0 aromatic heterocycles. The van der Waals surface area contributed by atoms with Crippen molar-refractivity contribution >= 4 is 17.6 Å². The molecule has 0 amide bonds. The summed E-state index contributed by atoms with van der Waals surface area (Å²) in [5.74, 6) is 0.372. The quantitative estimate of drug-likeness (QED) is 0.565. The van der Waals surface area contributed by atoms with Gasteiger partial charge in [0.05, 0.1) is 12.2 Å². The standard InChI is InChI=1S/C16H20ClO2/c1-12(16(2)8-9-16)5-4-10-19-15(18)13-6-3-7-14(17)11-13/h3,7,11-12H,4-5,8-10H2,1-2H3. The van der Waals surface area contributed by atoms with Crippen LogP contribution in [0.5, 0.6) is 0 Å². The van der Waals surface area contributed by atoms with Gasteiger partial charge in [0.15, 0.2) is 0 Å². The molecule has 0 aliphatic heterocycles. The molecule has 1 aliphatic rings. The molecule has 1 fully saturated rings. The summed E-state index contributed by atoms with van der Waals surface area (Å²) < 4.78 is 5.24. The highest BCUT2D eigenvalue weighted by Crippen LogP contribution is 2.52. The molecular weight excluding hydrogens is 260 g/mol. The van der Waals surface area contributed by atoms with Crippen molar-refractivity contribution in [2.24, 2.45) is 11.3 Å². The van der Waals surface area contributed by atoms with Crippen molar-refractivity contribution < 1.29 is 9.53 Å². The molecule has 2 rings (SSSR count). The Morgan fingerprint density at radius 1 is 1.58 bits per heavy atom. The molecule has 0 N–H and O–H groups in total. The Balaban J connectivity index is 1.69. The van der Waals surface area contributed by atoms with Crippen molar-refractivity contribution in [3.8, 4) is 0 Å². The van der Waals surface area contributed by atoms with E-state index >= 15 is 0 Å². The van der Waals surface area contributed by atoms with E-state index < -0.39 is 0 Å². The summed E-state index contributed by atoms with van der Waals surface area (Å²) in [4.78, 5) is 11.7. The lowest BCUT2D eigenvalue weighted by molar-refractivity contribution is 0.0490. The zero-order chi connectivity index (χ0) is 13.9. The van der Waals surface area contributed by atoms with Crippen LogP contribution in [0.15, 0.2) is 18.2 Å². The van der Waals surface area contributed by atoms with E-state index in [1.54, 1.807) is 18.2 Å². The maximum atomic E-state index is 11.7. The number of hydrogen-bond acceptors (Lipinski definition) is 2. The van der Waals surface area contributed by atoms with Crippen LogP contribution in [0, 0.1) is 17.4 Å². The molecule has 1 aromatic rings. The zero-order valence-corrected chi connectivity index (χ0v) is 12.3. The second-order valence-electron chi connectivity index (χ2n) is 5.75. The number of hydrogen-bond donors (Lipinski definition) is 0. The van der Waals surface area contributed by atoms with Crippen molar-refractivity contribution in [3.63, 3.8) is 0 Å². The van der Waals surface area contributed by atoms with Gasteiger partial charge in [0.25, 0.3) is 0 Å². The van der Waals surface area contributed by atoms with E-state index in [1.165, 1.54) is 12.8 Å². The normalized spacial score (nSPS) is 17.8. The number of rotatable bonds is 6. The molecule has 0 spiro atoms. The second-order valence-corrected chi connectivity index (χ2v) is 6.19. The fraction of sp³-hybridized carbons (Fsp3) is 0.562. The third-order valence-corrected chi connectivity index (χ3v) is 4.46. The molecule has 1 radical (unpaired) electrons. The highest BCUT2D eigenvalue weighted by atomic mass is 35.5. The van der Waals surface area contributed by atoms with Gasteiger partial charge in [-0.25, -0.2) is 4.79 Å². The topological polar surface area (TPSA) is 26.3 Å². The van der Waals surface area contributed by atoms with Crippen LogP contribution in [-0.2, 0) is 4.74 Å². The van der Waals surface area contributed by atoms with Crippen molar-refractivity contribution in [3.05, 3.63) is 34.9 Å². The Morgan fingerprint density at radius 3 is 2.95 bits per heavy atom. The molecule has 0 saturated heterocycles. The van der Waals surface area contributed by atoms with Crippen LogP contribution in [0.2, 0.25) is 5.02 Å². The number of esters is 1. The van der Waals surface area contributed by atoms with Gasteiger partial charge in [-0.1, -0.05) is 31.5 Å². The summed E-state index contributed by atoms with van der Waals surface area (Å²) in [6.07, 6.45) is 4.71. The smallest absolute Gasteiger partial charge is 0.338 e. The number of carbonyl (C=O) groups excluding carboxylic acids is 1. The Morgan fingerprint density at radius 2 is 2.32 bits per heavy atom. The first-order valence-corrected chi connectivity index (χ1v) is 7.23. The second kappa shape index (κ2) is 5.96. The first-order valence-electron chi connectivity index (χ1n) is 6.86. The molecule has 1 saturated carbocycles. The van der Waals surface area contributed by atoms with Crippen LogP contribution in [0.4, 0.5) is 0 Å². The van der Waals surface area contributed by atoms with Gasteiger partial charge >= 0.3 is 5.97 Å². The third-order valence-electron chi connectivity index (χ3n) is 4.23. The van der Waals surface area contributed by atoms with Crippen LogP contribution in [0.1, 0.15) is 49.9 Å². The molecule has 0 heterocycles. The molecule has 0 bridgehead atoms. The minimum absolute atomic E-state index is 0.340. The number of ether oxygens (including phenoxy) is 1. The number of benzene rings is 1. The average molecular weight is 280 g/mol. The van der Waals surface area contributed by atoms with Gasteiger partial charge in [0.1, 0.15) is 0 Å². The summed E-state index contributed by atoms with van der Waals surface area (Å²) in [5.41, 5.74) is 0.944. The van der Waals surface area contributed by atoms with Gasteiger partial charge in [-0.05, 0) is 55.2 Å². The van der Waals surface area contributed by atoms with E-state index in [2.05, 4.69) is 19.9 Å². The monoisotopic (exact) mass is 279 g/mol. The first-order chi connectivity index (χ1) is 9.01. The molecule has 1 aliphatic carbocycles. The van der Waals surface area contributed by atoms with E-state index in [1.807, 2.05) is 0 Å². The maximum Gasteiger partial charge on any atom is 0.338 e. The van der Waals surface area contributed by atoms with Crippen LogP contribution in [0.3, 0.4) is 0 Å². The predicted molar refractivity (Wildman–Crippen MR) is 76.3 cm³/mol. The first kappa shape index (κ1) is 14.4. The van der Waals surface area contributed by atoms with Crippen LogP contribution >= 0.6 is 11.6 Å². The minimum Gasteiger partial charge on any atom is -0.462 e. The zero-order valence-electron chi connectivity index (χ0n) is 11.5. The van der Waals surface area contributed by atoms with Crippen LogP contribution in [-0.4, -0.2) is 12.6 Å².